The van der Waals surface area contributed by atoms with Gasteiger partial charge in [0, 0.05) is 32.6 Å². The van der Waals surface area contributed by atoms with Crippen molar-refractivity contribution in [1.82, 2.24) is 14.5 Å². The Morgan fingerprint density at radius 2 is 1.90 bits per heavy atom. The average molecular weight is 326 g/mol. The van der Waals surface area contributed by atoms with Crippen molar-refractivity contribution >= 4 is 28.3 Å². The summed E-state index contributed by atoms with van der Waals surface area (Å²) < 4.78 is 24.2. The van der Waals surface area contributed by atoms with Crippen LogP contribution in [-0.4, -0.2) is 69.1 Å². The molecule has 2 aliphatic rings. The van der Waals surface area contributed by atoms with Crippen LogP contribution in [0.2, 0.25) is 0 Å². The van der Waals surface area contributed by atoms with E-state index in [1.165, 1.54) is 10.6 Å². The van der Waals surface area contributed by atoms with Gasteiger partial charge in [-0.3, -0.25) is 4.79 Å². The summed E-state index contributed by atoms with van der Waals surface area (Å²) in [4.78, 5) is 13.8. The number of carbonyl (C=O) groups is 1. The maximum Gasteiger partial charge on any atom is 0.222 e. The summed E-state index contributed by atoms with van der Waals surface area (Å²) in [6, 6.07) is 0. The topological polar surface area (TPSA) is 69.7 Å². The molecule has 6 nitrogen and oxygen atoms in total. The lowest BCUT2D eigenvalue weighted by Gasteiger charge is -2.33. The third kappa shape index (κ3) is 4.87. The van der Waals surface area contributed by atoms with Crippen molar-refractivity contribution in [3.8, 4) is 0 Å². The van der Waals surface area contributed by atoms with Crippen LogP contribution in [0, 0.1) is 5.92 Å². The number of halogens is 1. The molecular weight excluding hydrogens is 302 g/mol. The second kappa shape index (κ2) is 7.59. The Hall–Kier alpha value is -0.370. The number of piperazine rings is 1. The van der Waals surface area contributed by atoms with Crippen LogP contribution in [0.1, 0.15) is 19.3 Å². The molecule has 0 radical (unpaired) electrons. The highest BCUT2D eigenvalue weighted by Gasteiger charge is 2.26. The predicted octanol–water partition coefficient (Wildman–Crippen LogP) is -0.0983. The highest BCUT2D eigenvalue weighted by atomic mass is 35.5. The quantitative estimate of drug-likeness (QED) is 0.784. The van der Waals surface area contributed by atoms with Crippen molar-refractivity contribution in [2.75, 3.05) is 45.5 Å². The second-order valence-electron chi connectivity index (χ2n) is 5.44. The molecule has 2 rings (SSSR count). The monoisotopic (exact) mass is 325 g/mol. The van der Waals surface area contributed by atoms with E-state index in [4.69, 9.17) is 0 Å². The first-order valence-corrected chi connectivity index (χ1v) is 8.75. The minimum atomic E-state index is -3.11. The van der Waals surface area contributed by atoms with E-state index < -0.39 is 10.0 Å². The molecule has 2 fully saturated rings. The van der Waals surface area contributed by atoms with E-state index in [2.05, 4.69) is 5.32 Å². The van der Waals surface area contributed by atoms with Gasteiger partial charge in [-0.1, -0.05) is 0 Å². The van der Waals surface area contributed by atoms with E-state index >= 15 is 0 Å². The van der Waals surface area contributed by atoms with Gasteiger partial charge in [0.15, 0.2) is 0 Å². The summed E-state index contributed by atoms with van der Waals surface area (Å²) in [5.74, 6) is 0.793. The lowest BCUT2D eigenvalue weighted by atomic mass is 10.0. The molecule has 2 heterocycles. The van der Waals surface area contributed by atoms with Gasteiger partial charge in [-0.25, -0.2) is 8.42 Å². The first-order valence-electron chi connectivity index (χ1n) is 6.90. The molecule has 0 aromatic heterocycles. The van der Waals surface area contributed by atoms with E-state index in [0.29, 0.717) is 38.5 Å². The second-order valence-corrected chi connectivity index (χ2v) is 7.42. The summed E-state index contributed by atoms with van der Waals surface area (Å²) in [7, 11) is -3.11. The van der Waals surface area contributed by atoms with Gasteiger partial charge in [0.05, 0.1) is 6.26 Å². The van der Waals surface area contributed by atoms with Crippen LogP contribution < -0.4 is 5.32 Å². The van der Waals surface area contributed by atoms with Crippen LogP contribution in [0.3, 0.4) is 0 Å². The van der Waals surface area contributed by atoms with Gasteiger partial charge in [0.2, 0.25) is 15.9 Å². The molecule has 0 spiro atoms. The highest BCUT2D eigenvalue weighted by molar-refractivity contribution is 7.88. The lowest BCUT2D eigenvalue weighted by molar-refractivity contribution is -0.132. The van der Waals surface area contributed by atoms with Crippen LogP contribution in [-0.2, 0) is 14.8 Å². The lowest BCUT2D eigenvalue weighted by Crippen LogP contribution is -2.50. The molecule has 0 saturated carbocycles. The molecule has 0 bridgehead atoms. The van der Waals surface area contributed by atoms with Gasteiger partial charge in [-0.2, -0.15) is 4.31 Å². The number of nitrogens with one attached hydrogen (secondary N) is 1. The molecule has 0 aliphatic carbocycles. The van der Waals surface area contributed by atoms with Crippen LogP contribution in [0.5, 0.6) is 0 Å². The van der Waals surface area contributed by atoms with Gasteiger partial charge in [-0.05, 0) is 31.8 Å². The van der Waals surface area contributed by atoms with E-state index in [1.54, 1.807) is 4.90 Å². The minimum Gasteiger partial charge on any atom is -0.340 e. The number of rotatable bonds is 4. The van der Waals surface area contributed by atoms with E-state index in [-0.39, 0.29) is 18.3 Å². The minimum absolute atomic E-state index is 0. The normalized spacial score (nSPS) is 24.4. The zero-order valence-corrected chi connectivity index (χ0v) is 13.5. The molecule has 0 aromatic carbocycles. The summed E-state index contributed by atoms with van der Waals surface area (Å²) >= 11 is 0. The van der Waals surface area contributed by atoms with E-state index in [1.807, 2.05) is 0 Å². The fraction of sp³-hybridized carbons (Fsp3) is 0.917. The molecule has 1 N–H and O–H groups in total. The van der Waals surface area contributed by atoms with E-state index in [0.717, 1.165) is 25.9 Å². The maximum atomic E-state index is 12.0. The van der Waals surface area contributed by atoms with Gasteiger partial charge in [0.25, 0.3) is 0 Å². The van der Waals surface area contributed by atoms with Crippen molar-refractivity contribution in [2.24, 2.45) is 5.92 Å². The Morgan fingerprint density at radius 3 is 2.40 bits per heavy atom. The van der Waals surface area contributed by atoms with Gasteiger partial charge in [0.1, 0.15) is 0 Å². The standard InChI is InChI=1S/C12H23N3O3S.ClH/c1-19(17,18)15-8-6-14(7-9-15)12(16)3-2-11-4-5-13-10-11;/h11,13H,2-10H2,1H3;1H. The molecule has 1 atom stereocenters. The smallest absolute Gasteiger partial charge is 0.222 e. The zero-order chi connectivity index (χ0) is 13.9. The van der Waals surface area contributed by atoms with Crippen molar-refractivity contribution in [2.45, 2.75) is 19.3 Å². The number of hydrogen-bond acceptors (Lipinski definition) is 4. The number of sulfonamides is 1. The fourth-order valence-corrected chi connectivity index (χ4v) is 3.54. The molecule has 0 aromatic rings. The van der Waals surface area contributed by atoms with Crippen LogP contribution in [0.4, 0.5) is 0 Å². The van der Waals surface area contributed by atoms with Gasteiger partial charge in [-0.15, -0.1) is 12.4 Å². The van der Waals surface area contributed by atoms with E-state index in [9.17, 15) is 13.2 Å². The van der Waals surface area contributed by atoms with Gasteiger partial charge >= 0.3 is 0 Å². The Labute approximate surface area is 127 Å². The molecular formula is C12H24ClN3O3S. The molecule has 1 unspecified atom stereocenters. The zero-order valence-electron chi connectivity index (χ0n) is 11.9. The molecule has 2 aliphatic heterocycles. The summed E-state index contributed by atoms with van der Waals surface area (Å²) in [5, 5.41) is 3.30. The summed E-state index contributed by atoms with van der Waals surface area (Å²) in [6.07, 6.45) is 3.91. The molecule has 2 saturated heterocycles. The Morgan fingerprint density at radius 1 is 1.25 bits per heavy atom. The van der Waals surface area contributed by atoms with Gasteiger partial charge < -0.3 is 10.2 Å². The Balaban J connectivity index is 0.00000200. The first-order chi connectivity index (χ1) is 8.97. The van der Waals surface area contributed by atoms with Crippen molar-refractivity contribution in [3.05, 3.63) is 0 Å². The largest absolute Gasteiger partial charge is 0.340 e. The first kappa shape index (κ1) is 17.7. The SMILES string of the molecule is CS(=O)(=O)N1CCN(C(=O)CCC2CCNC2)CC1.Cl. The Bertz CT molecular complexity index is 416. The van der Waals surface area contributed by atoms with Crippen LogP contribution in [0.25, 0.3) is 0 Å². The molecule has 1 amide bonds. The van der Waals surface area contributed by atoms with Crippen molar-refractivity contribution < 1.29 is 13.2 Å². The Kier molecular flexibility index (Phi) is 6.71. The fourth-order valence-electron chi connectivity index (χ4n) is 2.72. The number of nitrogens with zero attached hydrogens (tertiary/aromatic N) is 2. The number of hydrogen-bond donors (Lipinski definition) is 1. The van der Waals surface area contributed by atoms with Crippen LogP contribution >= 0.6 is 12.4 Å². The molecule has 8 heteroatoms. The number of carbonyl (C=O) groups excluding carboxylic acids is 1. The van der Waals surface area contributed by atoms with Crippen LogP contribution in [0.15, 0.2) is 0 Å². The van der Waals surface area contributed by atoms with Crippen molar-refractivity contribution in [1.29, 1.82) is 0 Å². The highest BCUT2D eigenvalue weighted by Crippen LogP contribution is 2.16. The predicted molar refractivity (Wildman–Crippen MR) is 80.5 cm³/mol. The molecule has 118 valence electrons. The number of amides is 1. The summed E-state index contributed by atoms with van der Waals surface area (Å²) in [6.45, 7) is 3.98. The third-order valence-electron chi connectivity index (χ3n) is 3.99. The maximum absolute atomic E-state index is 12.0. The van der Waals surface area contributed by atoms with Crippen molar-refractivity contribution in [3.63, 3.8) is 0 Å². The summed E-state index contributed by atoms with van der Waals surface area (Å²) in [5.41, 5.74) is 0. The molecule has 20 heavy (non-hydrogen) atoms. The third-order valence-corrected chi connectivity index (χ3v) is 5.29. The average Bonchev–Trinajstić information content (AvgIpc) is 2.88.